The third-order valence-electron chi connectivity index (χ3n) is 4.12. The largest absolute Gasteiger partial charge is 0.350 e. The minimum atomic E-state index is -0.0694. The van der Waals surface area contributed by atoms with E-state index in [1.807, 2.05) is 13.1 Å². The van der Waals surface area contributed by atoms with Gasteiger partial charge >= 0.3 is 0 Å². The van der Waals surface area contributed by atoms with Crippen molar-refractivity contribution < 1.29 is 4.79 Å². The number of amides is 1. The maximum atomic E-state index is 12.4. The summed E-state index contributed by atoms with van der Waals surface area (Å²) in [4.78, 5) is 12.4. The van der Waals surface area contributed by atoms with E-state index >= 15 is 0 Å². The molecule has 0 radical (unpaired) electrons. The highest BCUT2D eigenvalue weighted by molar-refractivity contribution is 7.17. The van der Waals surface area contributed by atoms with Crippen molar-refractivity contribution in [3.05, 3.63) is 52.7 Å². The Labute approximate surface area is 146 Å². The number of aryl methyl sites for hydroxylation is 1. The Morgan fingerprint density at radius 3 is 2.75 bits per heavy atom. The molecule has 24 heavy (non-hydrogen) atoms. The predicted molar refractivity (Wildman–Crippen MR) is 99.8 cm³/mol. The molecule has 2 heterocycles. The van der Waals surface area contributed by atoms with E-state index in [4.69, 9.17) is 0 Å². The molecule has 0 spiro atoms. The number of fused-ring (bicyclic) bond motifs is 1. The number of aromatic nitrogens is 2. The zero-order valence-corrected chi connectivity index (χ0v) is 15.4. The number of carbonyl (C=O) groups excluding carboxylic acids is 1. The fourth-order valence-corrected chi connectivity index (χ4v) is 3.67. The van der Waals surface area contributed by atoms with E-state index < -0.39 is 0 Å². The van der Waals surface area contributed by atoms with Gasteiger partial charge in [0.05, 0.1) is 5.69 Å². The van der Waals surface area contributed by atoms with Crippen LogP contribution >= 0.6 is 11.3 Å². The van der Waals surface area contributed by atoms with Gasteiger partial charge in [-0.1, -0.05) is 39.0 Å². The van der Waals surface area contributed by atoms with Crippen molar-refractivity contribution in [2.24, 2.45) is 7.05 Å². The van der Waals surface area contributed by atoms with Gasteiger partial charge in [0.1, 0.15) is 5.69 Å². The highest BCUT2D eigenvalue weighted by atomic mass is 32.1. The van der Waals surface area contributed by atoms with Crippen LogP contribution in [0.3, 0.4) is 0 Å². The molecule has 0 saturated heterocycles. The summed E-state index contributed by atoms with van der Waals surface area (Å²) in [6.45, 7) is 6.91. The second-order valence-corrected chi connectivity index (χ2v) is 7.96. The van der Waals surface area contributed by atoms with E-state index in [2.05, 4.69) is 60.8 Å². The van der Waals surface area contributed by atoms with E-state index in [9.17, 15) is 4.79 Å². The zero-order chi connectivity index (χ0) is 17.3. The number of nitrogens with zero attached hydrogens (tertiary/aromatic N) is 2. The Morgan fingerprint density at radius 2 is 2.04 bits per heavy atom. The van der Waals surface area contributed by atoms with Crippen molar-refractivity contribution in [1.82, 2.24) is 15.1 Å². The van der Waals surface area contributed by atoms with Crippen molar-refractivity contribution in [3.8, 4) is 0 Å². The summed E-state index contributed by atoms with van der Waals surface area (Å²) in [5, 5.41) is 10.9. The number of hydrogen-bond donors (Lipinski definition) is 1. The number of carbonyl (C=O) groups is 1. The molecule has 0 bridgehead atoms. The molecule has 1 amide bonds. The van der Waals surface area contributed by atoms with E-state index in [-0.39, 0.29) is 11.3 Å². The average Bonchev–Trinajstić information content (AvgIpc) is 3.11. The first kappa shape index (κ1) is 16.7. The van der Waals surface area contributed by atoms with Gasteiger partial charge in [0.2, 0.25) is 0 Å². The standard InChI is InChI=1S/C19H23N3OS/c1-19(2,3)17-11-15(22(4)21-17)18(23)20-10-9-13-12-24-16-8-6-5-7-14(13)16/h5-8,11-12H,9-10H2,1-4H3,(H,20,23). The van der Waals surface area contributed by atoms with Gasteiger partial charge in [-0.2, -0.15) is 5.10 Å². The lowest BCUT2D eigenvalue weighted by Gasteiger charge is -2.13. The molecule has 1 N–H and O–H groups in total. The third-order valence-corrected chi connectivity index (χ3v) is 5.13. The fraction of sp³-hybridized carbons (Fsp3) is 0.368. The van der Waals surface area contributed by atoms with Crippen molar-refractivity contribution in [3.63, 3.8) is 0 Å². The van der Waals surface area contributed by atoms with Crippen molar-refractivity contribution >= 4 is 27.3 Å². The fourth-order valence-electron chi connectivity index (χ4n) is 2.67. The Hall–Kier alpha value is -2.14. The topological polar surface area (TPSA) is 46.9 Å². The molecule has 126 valence electrons. The second-order valence-electron chi connectivity index (χ2n) is 7.05. The summed E-state index contributed by atoms with van der Waals surface area (Å²) in [5.74, 6) is -0.0694. The summed E-state index contributed by atoms with van der Waals surface area (Å²) in [7, 11) is 1.82. The van der Waals surface area contributed by atoms with Crippen molar-refractivity contribution in [2.45, 2.75) is 32.6 Å². The van der Waals surface area contributed by atoms with Crippen LogP contribution in [0.4, 0.5) is 0 Å². The molecular weight excluding hydrogens is 318 g/mol. The van der Waals surface area contributed by atoms with Crippen LogP contribution in [0.1, 0.15) is 42.5 Å². The maximum absolute atomic E-state index is 12.4. The second kappa shape index (κ2) is 6.40. The van der Waals surface area contributed by atoms with Crippen LogP contribution in [0.5, 0.6) is 0 Å². The Kier molecular flexibility index (Phi) is 4.45. The van der Waals surface area contributed by atoms with Crippen LogP contribution in [-0.2, 0) is 18.9 Å². The monoisotopic (exact) mass is 341 g/mol. The summed E-state index contributed by atoms with van der Waals surface area (Å²) in [6.07, 6.45) is 0.833. The van der Waals surface area contributed by atoms with Gasteiger partial charge in [0, 0.05) is 23.7 Å². The van der Waals surface area contributed by atoms with Gasteiger partial charge in [0.25, 0.3) is 5.91 Å². The molecule has 0 fully saturated rings. The molecule has 2 aromatic heterocycles. The minimum absolute atomic E-state index is 0.0636. The molecule has 0 unspecified atom stereocenters. The lowest BCUT2D eigenvalue weighted by molar-refractivity contribution is 0.0945. The first-order chi connectivity index (χ1) is 11.4. The molecule has 3 aromatic rings. The molecule has 0 saturated carbocycles. The van der Waals surface area contributed by atoms with Crippen molar-refractivity contribution in [2.75, 3.05) is 6.54 Å². The number of thiophene rings is 1. The first-order valence-electron chi connectivity index (χ1n) is 8.14. The Balaban J connectivity index is 1.65. The first-order valence-corrected chi connectivity index (χ1v) is 9.02. The van der Waals surface area contributed by atoms with Gasteiger partial charge < -0.3 is 5.32 Å². The number of benzene rings is 1. The van der Waals surface area contributed by atoms with Crippen LogP contribution in [0.2, 0.25) is 0 Å². The lowest BCUT2D eigenvalue weighted by atomic mass is 9.92. The Morgan fingerprint density at radius 1 is 1.29 bits per heavy atom. The molecular formula is C19H23N3OS. The summed E-state index contributed by atoms with van der Waals surface area (Å²) in [5.41, 5.74) is 2.76. The molecule has 0 atom stereocenters. The molecule has 5 heteroatoms. The molecule has 0 aliphatic carbocycles. The van der Waals surface area contributed by atoms with Crippen LogP contribution in [-0.4, -0.2) is 22.2 Å². The maximum Gasteiger partial charge on any atom is 0.269 e. The van der Waals surface area contributed by atoms with Gasteiger partial charge in [-0.05, 0) is 34.9 Å². The minimum Gasteiger partial charge on any atom is -0.350 e. The summed E-state index contributed by atoms with van der Waals surface area (Å²) >= 11 is 1.75. The van der Waals surface area contributed by atoms with E-state index in [0.29, 0.717) is 12.2 Å². The Bertz CT molecular complexity index is 870. The summed E-state index contributed by atoms with van der Waals surface area (Å²) in [6, 6.07) is 10.3. The van der Waals surface area contributed by atoms with Gasteiger partial charge in [-0.3, -0.25) is 9.48 Å². The molecule has 1 aromatic carbocycles. The van der Waals surface area contributed by atoms with Gasteiger partial charge in [-0.15, -0.1) is 11.3 Å². The molecule has 0 aliphatic rings. The third kappa shape index (κ3) is 3.36. The van der Waals surface area contributed by atoms with E-state index in [1.165, 1.54) is 15.6 Å². The SMILES string of the molecule is Cn1nc(C(C)(C)C)cc1C(=O)NCCc1csc2ccccc12. The zero-order valence-electron chi connectivity index (χ0n) is 14.6. The van der Waals surface area contributed by atoms with E-state index in [1.54, 1.807) is 16.0 Å². The molecule has 3 rings (SSSR count). The highest BCUT2D eigenvalue weighted by Gasteiger charge is 2.21. The van der Waals surface area contributed by atoms with Crippen LogP contribution in [0.15, 0.2) is 35.7 Å². The summed E-state index contributed by atoms with van der Waals surface area (Å²) < 4.78 is 2.95. The normalized spacial score (nSPS) is 11.8. The number of rotatable bonds is 4. The predicted octanol–water partition coefficient (Wildman–Crippen LogP) is 3.90. The van der Waals surface area contributed by atoms with Gasteiger partial charge in [-0.25, -0.2) is 0 Å². The quantitative estimate of drug-likeness (QED) is 0.782. The molecule has 4 nitrogen and oxygen atoms in total. The lowest BCUT2D eigenvalue weighted by Crippen LogP contribution is -2.27. The van der Waals surface area contributed by atoms with Crippen LogP contribution in [0.25, 0.3) is 10.1 Å². The van der Waals surface area contributed by atoms with Gasteiger partial charge in [0.15, 0.2) is 0 Å². The molecule has 0 aliphatic heterocycles. The van der Waals surface area contributed by atoms with Crippen LogP contribution < -0.4 is 5.32 Å². The highest BCUT2D eigenvalue weighted by Crippen LogP contribution is 2.25. The smallest absolute Gasteiger partial charge is 0.269 e. The number of nitrogens with one attached hydrogen (secondary N) is 1. The van der Waals surface area contributed by atoms with Crippen LogP contribution in [0, 0.1) is 0 Å². The van der Waals surface area contributed by atoms with E-state index in [0.717, 1.165) is 12.1 Å². The average molecular weight is 341 g/mol. The number of hydrogen-bond acceptors (Lipinski definition) is 3. The van der Waals surface area contributed by atoms with Crippen molar-refractivity contribution in [1.29, 1.82) is 0 Å².